The molecule has 50 valence electrons. The number of rotatable bonds is 1. The van der Waals surface area contributed by atoms with Crippen LogP contribution in [0, 0.1) is 0 Å². The molecule has 2 aromatic rings. The van der Waals surface area contributed by atoms with Crippen molar-refractivity contribution in [3.63, 3.8) is 0 Å². The van der Waals surface area contributed by atoms with Crippen LogP contribution < -0.4 is 0 Å². The normalized spacial score (nSPS) is 10.4. The Morgan fingerprint density at radius 2 is 2.60 bits per heavy atom. The summed E-state index contributed by atoms with van der Waals surface area (Å²) in [5, 5.41) is 3.64. The molecule has 2 rings (SSSR count). The number of aliphatic imine (C=N–C) groups is 1. The van der Waals surface area contributed by atoms with Gasteiger partial charge in [0.2, 0.25) is 5.82 Å². The lowest BCUT2D eigenvalue weighted by Gasteiger charge is -1.75. The lowest BCUT2D eigenvalue weighted by atomic mass is 10.5. The largest absolute Gasteiger partial charge is 0.355 e. The molecule has 2 heterocycles. The Morgan fingerprint density at radius 1 is 1.70 bits per heavy atom. The van der Waals surface area contributed by atoms with Gasteiger partial charge in [0.25, 0.3) is 0 Å². The lowest BCUT2D eigenvalue weighted by molar-refractivity contribution is 0.459. The van der Waals surface area contributed by atoms with Crippen LogP contribution in [-0.2, 0) is 0 Å². The zero-order chi connectivity index (χ0) is 6.97. The quantitative estimate of drug-likeness (QED) is 0.602. The molecule has 0 amide bonds. The molecule has 0 atom stereocenters. The fraction of sp³-hybridized carbons (Fsp3) is 0. The van der Waals surface area contributed by atoms with Gasteiger partial charge in [-0.3, -0.25) is 0 Å². The zero-order valence-electron chi connectivity index (χ0n) is 5.16. The molecule has 0 spiro atoms. The Kier molecular flexibility index (Phi) is 0.887. The van der Waals surface area contributed by atoms with Gasteiger partial charge in [0.1, 0.15) is 5.52 Å². The molecular weight excluding hydrogens is 130 g/mol. The fourth-order valence-electron chi connectivity index (χ4n) is 0.852. The standard InChI is InChI=1S/C6H5N3O/c1-7-6-5-4(10-9-6)2-3-8-5/h2-3,8H,1H2. The van der Waals surface area contributed by atoms with E-state index in [1.165, 1.54) is 0 Å². The van der Waals surface area contributed by atoms with E-state index in [9.17, 15) is 0 Å². The van der Waals surface area contributed by atoms with Gasteiger partial charge < -0.3 is 9.51 Å². The topological polar surface area (TPSA) is 54.2 Å². The van der Waals surface area contributed by atoms with Crippen molar-refractivity contribution < 1.29 is 4.52 Å². The third-order valence-electron chi connectivity index (χ3n) is 1.31. The van der Waals surface area contributed by atoms with Gasteiger partial charge in [-0.05, 0) is 6.72 Å². The Hall–Kier alpha value is -1.58. The molecule has 0 fully saturated rings. The van der Waals surface area contributed by atoms with Gasteiger partial charge >= 0.3 is 0 Å². The molecule has 0 aliphatic heterocycles. The van der Waals surface area contributed by atoms with Crippen molar-refractivity contribution in [2.24, 2.45) is 4.99 Å². The summed E-state index contributed by atoms with van der Waals surface area (Å²) in [5.41, 5.74) is 1.51. The van der Waals surface area contributed by atoms with Crippen molar-refractivity contribution in [2.75, 3.05) is 0 Å². The second kappa shape index (κ2) is 1.70. The molecule has 0 aliphatic rings. The van der Waals surface area contributed by atoms with E-state index in [0.717, 1.165) is 5.52 Å². The highest BCUT2D eigenvalue weighted by molar-refractivity contribution is 5.83. The van der Waals surface area contributed by atoms with Gasteiger partial charge in [0, 0.05) is 12.3 Å². The molecule has 0 unspecified atom stereocenters. The summed E-state index contributed by atoms with van der Waals surface area (Å²) in [7, 11) is 0. The number of H-pyrrole nitrogens is 1. The summed E-state index contributed by atoms with van der Waals surface area (Å²) in [5.74, 6) is 0.514. The molecule has 0 bridgehead atoms. The molecule has 10 heavy (non-hydrogen) atoms. The van der Waals surface area contributed by atoms with Crippen LogP contribution in [0.4, 0.5) is 5.82 Å². The SMILES string of the molecule is C=Nc1noc2cc[nH]c12. The maximum Gasteiger partial charge on any atom is 0.219 e. The number of hydrogen-bond donors (Lipinski definition) is 1. The van der Waals surface area contributed by atoms with Gasteiger partial charge in [0.15, 0.2) is 5.58 Å². The van der Waals surface area contributed by atoms with Crippen LogP contribution in [0.5, 0.6) is 0 Å². The first kappa shape index (κ1) is 5.22. The van der Waals surface area contributed by atoms with E-state index >= 15 is 0 Å². The zero-order valence-corrected chi connectivity index (χ0v) is 5.16. The summed E-state index contributed by atoms with van der Waals surface area (Å²) < 4.78 is 4.86. The van der Waals surface area contributed by atoms with E-state index in [0.29, 0.717) is 11.4 Å². The summed E-state index contributed by atoms with van der Waals surface area (Å²) >= 11 is 0. The second-order valence-corrected chi connectivity index (χ2v) is 1.88. The average molecular weight is 135 g/mol. The van der Waals surface area contributed by atoms with Crippen LogP contribution >= 0.6 is 0 Å². The smallest absolute Gasteiger partial charge is 0.219 e. The maximum atomic E-state index is 4.86. The Bertz CT molecular complexity index is 360. The van der Waals surface area contributed by atoms with Crippen LogP contribution in [0.1, 0.15) is 0 Å². The molecule has 2 aromatic heterocycles. The number of nitrogens with zero attached hydrogens (tertiary/aromatic N) is 2. The third kappa shape index (κ3) is 0.500. The van der Waals surface area contributed by atoms with Crippen LogP contribution in [-0.4, -0.2) is 16.9 Å². The Balaban J connectivity index is 2.88. The first-order valence-electron chi connectivity index (χ1n) is 2.81. The van der Waals surface area contributed by atoms with E-state index in [1.54, 1.807) is 12.3 Å². The minimum absolute atomic E-state index is 0.514. The molecule has 0 saturated carbocycles. The monoisotopic (exact) mass is 135 g/mol. The van der Waals surface area contributed by atoms with Gasteiger partial charge in [0.05, 0.1) is 0 Å². The molecular formula is C6H5N3O. The highest BCUT2D eigenvalue weighted by Crippen LogP contribution is 2.21. The van der Waals surface area contributed by atoms with Crippen LogP contribution in [0.3, 0.4) is 0 Å². The van der Waals surface area contributed by atoms with Gasteiger partial charge in [-0.15, -0.1) is 0 Å². The first-order chi connectivity index (χ1) is 4.92. The van der Waals surface area contributed by atoms with Crippen molar-refractivity contribution in [1.29, 1.82) is 0 Å². The Labute approximate surface area is 56.5 Å². The summed E-state index contributed by atoms with van der Waals surface area (Å²) in [6.07, 6.45) is 1.77. The predicted octanol–water partition coefficient (Wildman–Crippen LogP) is 1.49. The van der Waals surface area contributed by atoms with E-state index in [-0.39, 0.29) is 0 Å². The minimum atomic E-state index is 0.514. The number of hydrogen-bond acceptors (Lipinski definition) is 3. The number of nitrogens with one attached hydrogen (secondary N) is 1. The summed E-state index contributed by atoms with van der Waals surface area (Å²) in [4.78, 5) is 6.57. The molecule has 4 heteroatoms. The van der Waals surface area contributed by atoms with Crippen molar-refractivity contribution in [1.82, 2.24) is 10.1 Å². The third-order valence-corrected chi connectivity index (χ3v) is 1.31. The Morgan fingerprint density at radius 3 is 3.40 bits per heavy atom. The maximum absolute atomic E-state index is 4.86. The summed E-state index contributed by atoms with van der Waals surface area (Å²) in [6, 6.07) is 1.79. The van der Waals surface area contributed by atoms with Crippen molar-refractivity contribution in [3.05, 3.63) is 12.3 Å². The highest BCUT2D eigenvalue weighted by Gasteiger charge is 2.04. The summed E-state index contributed by atoms with van der Waals surface area (Å²) in [6.45, 7) is 3.34. The average Bonchev–Trinajstić information content (AvgIpc) is 2.44. The van der Waals surface area contributed by atoms with E-state index in [1.807, 2.05) is 0 Å². The molecule has 0 saturated heterocycles. The van der Waals surface area contributed by atoms with Crippen molar-refractivity contribution >= 4 is 23.6 Å². The van der Waals surface area contributed by atoms with E-state index in [2.05, 4.69) is 21.9 Å². The predicted molar refractivity (Wildman–Crippen MR) is 37.6 cm³/mol. The number of fused-ring (bicyclic) bond motifs is 1. The molecule has 0 radical (unpaired) electrons. The number of aromatic nitrogens is 2. The molecule has 1 N–H and O–H groups in total. The molecule has 4 nitrogen and oxygen atoms in total. The van der Waals surface area contributed by atoms with Crippen molar-refractivity contribution in [3.8, 4) is 0 Å². The van der Waals surface area contributed by atoms with Crippen LogP contribution in [0.25, 0.3) is 11.1 Å². The fourth-order valence-corrected chi connectivity index (χ4v) is 0.852. The van der Waals surface area contributed by atoms with Crippen LogP contribution in [0.2, 0.25) is 0 Å². The van der Waals surface area contributed by atoms with E-state index in [4.69, 9.17) is 4.52 Å². The number of aromatic amines is 1. The van der Waals surface area contributed by atoms with Gasteiger partial charge in [-0.25, -0.2) is 4.99 Å². The lowest BCUT2D eigenvalue weighted by Crippen LogP contribution is -1.61. The van der Waals surface area contributed by atoms with Gasteiger partial charge in [-0.2, -0.15) is 0 Å². The van der Waals surface area contributed by atoms with Gasteiger partial charge in [-0.1, -0.05) is 5.16 Å². The van der Waals surface area contributed by atoms with Crippen LogP contribution in [0.15, 0.2) is 21.8 Å². The first-order valence-corrected chi connectivity index (χ1v) is 2.81. The highest BCUT2D eigenvalue weighted by atomic mass is 16.5. The van der Waals surface area contributed by atoms with Crippen molar-refractivity contribution in [2.45, 2.75) is 0 Å². The van der Waals surface area contributed by atoms with E-state index < -0.39 is 0 Å². The molecule has 0 aromatic carbocycles. The second-order valence-electron chi connectivity index (χ2n) is 1.88. The minimum Gasteiger partial charge on any atom is -0.355 e. The molecule has 0 aliphatic carbocycles.